The van der Waals surface area contributed by atoms with Crippen molar-refractivity contribution >= 4 is 28.6 Å². The lowest BCUT2D eigenvalue weighted by atomic mass is 10.1. The van der Waals surface area contributed by atoms with Crippen LogP contribution in [0.2, 0.25) is 0 Å². The summed E-state index contributed by atoms with van der Waals surface area (Å²) in [5, 5.41) is 4.68. The van der Waals surface area contributed by atoms with Gasteiger partial charge in [0.2, 0.25) is 0 Å². The van der Waals surface area contributed by atoms with Crippen molar-refractivity contribution in [2.75, 3.05) is 13.6 Å². The molecule has 1 atom stereocenters. The molecule has 1 aromatic carbocycles. The number of fused-ring (bicyclic) bond motifs is 1. The summed E-state index contributed by atoms with van der Waals surface area (Å²) >= 11 is 1.50. The number of carbonyl (C=O) groups excluding carboxylic acids is 1. The van der Waals surface area contributed by atoms with E-state index in [0.717, 1.165) is 16.5 Å². The minimum Gasteiger partial charge on any atom is -0.451 e. The van der Waals surface area contributed by atoms with Crippen molar-refractivity contribution in [2.24, 2.45) is 0 Å². The van der Waals surface area contributed by atoms with Gasteiger partial charge in [0.15, 0.2) is 10.9 Å². The van der Waals surface area contributed by atoms with Crippen molar-refractivity contribution in [3.05, 3.63) is 54.0 Å². The number of rotatable bonds is 8. The summed E-state index contributed by atoms with van der Waals surface area (Å²) in [7, 11) is 2.12. The summed E-state index contributed by atoms with van der Waals surface area (Å²) in [5.74, 6) is 0.782. The normalized spacial score (nSPS) is 15.1. The largest absolute Gasteiger partial charge is 0.451 e. The van der Waals surface area contributed by atoms with Gasteiger partial charge in [0.1, 0.15) is 5.58 Å². The monoisotopic (exact) mass is 396 g/mol. The smallest absolute Gasteiger partial charge is 0.287 e. The van der Waals surface area contributed by atoms with E-state index < -0.39 is 0 Å². The highest BCUT2D eigenvalue weighted by Crippen LogP contribution is 2.31. The Bertz CT molecular complexity index is 955. The summed E-state index contributed by atoms with van der Waals surface area (Å²) < 4.78 is 5.92. The Morgan fingerprint density at radius 3 is 2.79 bits per heavy atom. The van der Waals surface area contributed by atoms with E-state index >= 15 is 0 Å². The Morgan fingerprint density at radius 1 is 1.29 bits per heavy atom. The Labute approximate surface area is 168 Å². The average Bonchev–Trinajstić information content (AvgIpc) is 3.51. The fourth-order valence-electron chi connectivity index (χ4n) is 3.23. The van der Waals surface area contributed by atoms with Gasteiger partial charge in [-0.3, -0.25) is 9.69 Å². The van der Waals surface area contributed by atoms with Crippen LogP contribution in [-0.4, -0.2) is 46.5 Å². The quantitative estimate of drug-likeness (QED) is 0.462. The van der Waals surface area contributed by atoms with Crippen molar-refractivity contribution in [3.63, 3.8) is 0 Å². The molecule has 1 N–H and O–H groups in total. The predicted octanol–water partition coefficient (Wildman–Crippen LogP) is 3.73. The molecule has 1 aliphatic rings. The Morgan fingerprint density at radius 2 is 2.04 bits per heavy atom. The zero-order valence-electron chi connectivity index (χ0n) is 16.1. The molecule has 4 rings (SSSR count). The number of amides is 1. The van der Waals surface area contributed by atoms with E-state index in [2.05, 4.69) is 34.2 Å². The number of benzene rings is 1. The van der Waals surface area contributed by atoms with E-state index in [1.54, 1.807) is 18.5 Å². The molecule has 3 aromatic rings. The van der Waals surface area contributed by atoms with Gasteiger partial charge < -0.3 is 9.73 Å². The maximum absolute atomic E-state index is 12.9. The number of carbonyl (C=O) groups is 1. The molecule has 0 aliphatic heterocycles. The van der Waals surface area contributed by atoms with E-state index in [4.69, 9.17) is 4.42 Å². The van der Waals surface area contributed by atoms with Gasteiger partial charge in [-0.1, -0.05) is 30.0 Å². The number of para-hydroxylation sites is 1. The lowest BCUT2D eigenvalue weighted by molar-refractivity contribution is 0.0913. The van der Waals surface area contributed by atoms with Gasteiger partial charge in [0, 0.05) is 47.7 Å². The molecule has 1 fully saturated rings. The second-order valence-electron chi connectivity index (χ2n) is 7.18. The van der Waals surface area contributed by atoms with E-state index in [-0.39, 0.29) is 11.9 Å². The molecule has 2 heterocycles. The lowest BCUT2D eigenvalue weighted by Gasteiger charge is -2.24. The van der Waals surface area contributed by atoms with Gasteiger partial charge in [-0.05, 0) is 38.9 Å². The summed E-state index contributed by atoms with van der Waals surface area (Å²) in [5.41, 5.74) is 1.61. The first-order chi connectivity index (χ1) is 13.6. The Hall–Kier alpha value is -2.38. The molecule has 1 amide bonds. The summed E-state index contributed by atoms with van der Waals surface area (Å²) in [6.45, 7) is 2.73. The molecule has 7 heteroatoms. The van der Waals surface area contributed by atoms with Crippen molar-refractivity contribution in [2.45, 2.75) is 42.8 Å². The van der Waals surface area contributed by atoms with Crippen LogP contribution in [-0.2, 0) is 5.75 Å². The third-order valence-electron chi connectivity index (χ3n) is 5.17. The topological polar surface area (TPSA) is 71.3 Å². The van der Waals surface area contributed by atoms with Crippen molar-refractivity contribution in [3.8, 4) is 0 Å². The minimum atomic E-state index is -0.170. The van der Waals surface area contributed by atoms with Crippen LogP contribution in [0.4, 0.5) is 0 Å². The maximum Gasteiger partial charge on any atom is 0.287 e. The van der Waals surface area contributed by atoms with Crippen LogP contribution in [0, 0.1) is 0 Å². The van der Waals surface area contributed by atoms with Gasteiger partial charge in [0.05, 0.1) is 0 Å². The molecule has 0 bridgehead atoms. The molecule has 0 radical (unpaired) electrons. The number of thioether (sulfide) groups is 1. The van der Waals surface area contributed by atoms with E-state index in [9.17, 15) is 4.79 Å². The van der Waals surface area contributed by atoms with E-state index in [1.807, 2.05) is 24.3 Å². The van der Waals surface area contributed by atoms with Gasteiger partial charge >= 0.3 is 0 Å². The van der Waals surface area contributed by atoms with Crippen LogP contribution in [0.5, 0.6) is 0 Å². The predicted molar refractivity (Wildman–Crippen MR) is 110 cm³/mol. The first-order valence-electron chi connectivity index (χ1n) is 9.54. The van der Waals surface area contributed by atoms with E-state index in [0.29, 0.717) is 29.3 Å². The number of aromatic nitrogens is 2. The Kier molecular flexibility index (Phi) is 5.64. The zero-order valence-corrected chi connectivity index (χ0v) is 16.9. The van der Waals surface area contributed by atoms with Crippen LogP contribution >= 0.6 is 11.8 Å². The fraction of sp³-hybridized carbons (Fsp3) is 0.381. The molecule has 6 nitrogen and oxygen atoms in total. The van der Waals surface area contributed by atoms with Crippen LogP contribution in [0.25, 0.3) is 11.0 Å². The average molecular weight is 397 g/mol. The fourth-order valence-corrected chi connectivity index (χ4v) is 4.06. The number of furan rings is 1. The summed E-state index contributed by atoms with van der Waals surface area (Å²) in [6, 6.07) is 10.5. The molecule has 146 valence electrons. The molecule has 0 spiro atoms. The highest BCUT2D eigenvalue weighted by atomic mass is 32.2. The van der Waals surface area contributed by atoms with Crippen molar-refractivity contribution < 1.29 is 9.21 Å². The van der Waals surface area contributed by atoms with Gasteiger partial charge in [-0.25, -0.2) is 9.97 Å². The first kappa shape index (κ1) is 19.0. The highest BCUT2D eigenvalue weighted by Gasteiger charge is 2.29. The lowest BCUT2D eigenvalue weighted by Crippen LogP contribution is -2.41. The number of hydrogen-bond acceptors (Lipinski definition) is 6. The maximum atomic E-state index is 12.9. The molecule has 1 unspecified atom stereocenters. The molecule has 28 heavy (non-hydrogen) atoms. The SMILES string of the molecule is CC(CNC(=O)c1oc2ccccc2c1CSc1ncccn1)N(C)C1CC1. The van der Waals surface area contributed by atoms with Crippen molar-refractivity contribution in [1.82, 2.24) is 20.2 Å². The van der Waals surface area contributed by atoms with Crippen molar-refractivity contribution in [1.29, 1.82) is 0 Å². The zero-order chi connectivity index (χ0) is 19.5. The number of likely N-dealkylation sites (N-methyl/N-ethyl adjacent to an activating group) is 1. The first-order valence-corrected chi connectivity index (χ1v) is 10.5. The third-order valence-corrected chi connectivity index (χ3v) is 6.07. The summed E-state index contributed by atoms with van der Waals surface area (Å²) in [4.78, 5) is 23.7. The number of nitrogens with one attached hydrogen (secondary N) is 1. The molecule has 1 saturated carbocycles. The van der Waals surface area contributed by atoms with E-state index in [1.165, 1.54) is 24.6 Å². The second-order valence-corrected chi connectivity index (χ2v) is 8.12. The third kappa shape index (κ3) is 4.20. The molecular formula is C21H24N4O2S. The van der Waals surface area contributed by atoms with Crippen LogP contribution in [0.1, 0.15) is 35.9 Å². The van der Waals surface area contributed by atoms with Crippen LogP contribution in [0.3, 0.4) is 0 Å². The highest BCUT2D eigenvalue weighted by molar-refractivity contribution is 7.98. The second kappa shape index (κ2) is 8.32. The van der Waals surface area contributed by atoms with Crippen LogP contribution in [0.15, 0.2) is 52.3 Å². The van der Waals surface area contributed by atoms with Gasteiger partial charge in [0.25, 0.3) is 5.91 Å². The van der Waals surface area contributed by atoms with Crippen LogP contribution < -0.4 is 5.32 Å². The molecule has 0 saturated heterocycles. The molecule has 2 aromatic heterocycles. The Balaban J connectivity index is 1.51. The molecular weight excluding hydrogens is 372 g/mol. The van der Waals surface area contributed by atoms with Gasteiger partial charge in [-0.15, -0.1) is 0 Å². The standard InChI is InChI=1S/C21H24N4O2S/c1-14(25(2)15-8-9-15)12-24-20(26)19-17(13-28-21-22-10-5-11-23-21)16-6-3-4-7-18(16)27-19/h3-7,10-11,14-15H,8-9,12-13H2,1-2H3,(H,24,26). The molecule has 1 aliphatic carbocycles. The number of hydrogen-bond donors (Lipinski definition) is 1. The number of nitrogens with zero attached hydrogens (tertiary/aromatic N) is 3. The summed E-state index contributed by atoms with van der Waals surface area (Å²) in [6.07, 6.45) is 5.94. The minimum absolute atomic E-state index is 0.170. The van der Waals surface area contributed by atoms with Gasteiger partial charge in [-0.2, -0.15) is 0 Å².